The lowest BCUT2D eigenvalue weighted by molar-refractivity contribution is -0.167. The van der Waals surface area contributed by atoms with E-state index in [2.05, 4.69) is 106 Å². The molecule has 0 aliphatic carbocycles. The van der Waals surface area contributed by atoms with Crippen LogP contribution in [0.3, 0.4) is 0 Å². The molecule has 0 aromatic heterocycles. The fraction of sp³-hybridized carbons (Fsp3) is 0.721. The van der Waals surface area contributed by atoms with Crippen LogP contribution in [0.15, 0.2) is 85.1 Å². The number of rotatable bonds is 50. The first kappa shape index (κ1) is 63.6. The molecule has 384 valence electrons. The zero-order valence-corrected chi connectivity index (χ0v) is 43.9. The average Bonchev–Trinajstić information content (AvgIpc) is 3.33. The van der Waals surface area contributed by atoms with Crippen LogP contribution in [0.25, 0.3) is 0 Å². The van der Waals surface area contributed by atoms with Crippen LogP contribution >= 0.6 is 0 Å². The third-order valence-electron chi connectivity index (χ3n) is 11.9. The van der Waals surface area contributed by atoms with E-state index in [1.54, 1.807) is 0 Å². The Bertz CT molecular complexity index is 1300. The molecule has 0 bridgehead atoms. The monoisotopic (exact) mass is 933 g/mol. The van der Waals surface area contributed by atoms with Crippen LogP contribution in [0.2, 0.25) is 0 Å². The molecule has 0 amide bonds. The van der Waals surface area contributed by atoms with Crippen LogP contribution < -0.4 is 0 Å². The molecule has 6 heteroatoms. The molecule has 0 unspecified atom stereocenters. The predicted octanol–water partition coefficient (Wildman–Crippen LogP) is 18.8. The van der Waals surface area contributed by atoms with E-state index < -0.39 is 6.10 Å². The fourth-order valence-corrected chi connectivity index (χ4v) is 7.63. The van der Waals surface area contributed by atoms with E-state index in [1.165, 1.54) is 128 Å². The van der Waals surface area contributed by atoms with E-state index in [0.29, 0.717) is 19.3 Å². The first-order chi connectivity index (χ1) is 33.0. The van der Waals surface area contributed by atoms with Gasteiger partial charge in [-0.1, -0.05) is 228 Å². The van der Waals surface area contributed by atoms with Crippen molar-refractivity contribution in [1.82, 2.24) is 0 Å². The van der Waals surface area contributed by atoms with Gasteiger partial charge in [-0.25, -0.2) is 0 Å². The molecule has 0 radical (unpaired) electrons. The lowest BCUT2D eigenvalue weighted by Crippen LogP contribution is -2.30. The van der Waals surface area contributed by atoms with E-state index in [4.69, 9.17) is 14.2 Å². The second-order valence-corrected chi connectivity index (χ2v) is 18.5. The van der Waals surface area contributed by atoms with Gasteiger partial charge in [0.05, 0.1) is 0 Å². The van der Waals surface area contributed by atoms with Crippen molar-refractivity contribution in [3.05, 3.63) is 85.1 Å². The summed E-state index contributed by atoms with van der Waals surface area (Å²) < 4.78 is 16.8. The molecule has 0 heterocycles. The molecule has 0 aromatic rings. The van der Waals surface area contributed by atoms with Crippen LogP contribution in [-0.4, -0.2) is 37.2 Å². The predicted molar refractivity (Wildman–Crippen MR) is 288 cm³/mol. The van der Waals surface area contributed by atoms with Gasteiger partial charge in [0.1, 0.15) is 13.2 Å². The van der Waals surface area contributed by atoms with Gasteiger partial charge in [0.15, 0.2) is 6.10 Å². The normalized spacial score (nSPS) is 12.7. The first-order valence-electron chi connectivity index (χ1n) is 28.1. The SMILES string of the molecule is CC/C=C\C/C=C\C/C=C\C/C=C\C/C=C\CCCC(=O)OC[C@H](COC(=O)CCCCCCCCCCCCC/C=C\CCCCCCCC)OC(=O)CCCCCCC/C=C\CCCC. The van der Waals surface area contributed by atoms with E-state index in [9.17, 15) is 14.4 Å². The van der Waals surface area contributed by atoms with Gasteiger partial charge in [-0.3, -0.25) is 14.4 Å². The van der Waals surface area contributed by atoms with Crippen molar-refractivity contribution < 1.29 is 28.6 Å². The summed E-state index contributed by atoms with van der Waals surface area (Å²) in [6.07, 6.45) is 71.6. The van der Waals surface area contributed by atoms with E-state index >= 15 is 0 Å². The number of unbranched alkanes of at least 4 members (excludes halogenated alkanes) is 25. The van der Waals surface area contributed by atoms with Gasteiger partial charge in [-0.05, 0) is 103 Å². The standard InChI is InChI=1S/C61H104O6/c1-4-7-10-13-16-19-22-24-26-28-29-30-31-33-35-37-40-42-45-48-51-54-60(63)66-57-58(67-61(64)55-52-49-46-43-38-21-18-15-12-9-6-3)56-65-59(62)53-50-47-44-41-39-36-34-32-27-25-23-20-17-14-11-8-5-2/h8,11,15,17-18,20,24-27,34,36,41,44,58H,4-7,9-10,12-14,16,19,21-23,28-33,35,37-40,42-43,45-57H2,1-3H3/b11-8-,18-15-,20-17-,26-24-,27-25-,36-34-,44-41-/t58-/m1/s1. The van der Waals surface area contributed by atoms with Crippen molar-refractivity contribution >= 4 is 17.9 Å². The Hall–Kier alpha value is -3.41. The maximum Gasteiger partial charge on any atom is 0.306 e. The van der Waals surface area contributed by atoms with Crippen LogP contribution in [0, 0.1) is 0 Å². The Morgan fingerprint density at radius 1 is 0.313 bits per heavy atom. The fourth-order valence-electron chi connectivity index (χ4n) is 7.63. The van der Waals surface area contributed by atoms with Crippen LogP contribution in [0.5, 0.6) is 0 Å². The molecule has 0 saturated heterocycles. The summed E-state index contributed by atoms with van der Waals surface area (Å²) in [6.45, 7) is 6.43. The second-order valence-electron chi connectivity index (χ2n) is 18.5. The summed E-state index contributed by atoms with van der Waals surface area (Å²) in [4.78, 5) is 38.0. The van der Waals surface area contributed by atoms with E-state index in [0.717, 1.165) is 89.9 Å². The van der Waals surface area contributed by atoms with Crippen molar-refractivity contribution in [2.24, 2.45) is 0 Å². The highest BCUT2D eigenvalue weighted by Gasteiger charge is 2.19. The molecule has 0 rings (SSSR count). The summed E-state index contributed by atoms with van der Waals surface area (Å²) in [6, 6.07) is 0. The summed E-state index contributed by atoms with van der Waals surface area (Å²) in [5, 5.41) is 0. The number of carbonyl (C=O) groups excluding carboxylic acids is 3. The lowest BCUT2D eigenvalue weighted by Gasteiger charge is -2.18. The van der Waals surface area contributed by atoms with Crippen molar-refractivity contribution in [1.29, 1.82) is 0 Å². The minimum atomic E-state index is -0.803. The molecule has 6 nitrogen and oxygen atoms in total. The van der Waals surface area contributed by atoms with Gasteiger partial charge in [-0.15, -0.1) is 0 Å². The molecular weight excluding hydrogens is 829 g/mol. The Kier molecular flexibility index (Phi) is 52.4. The van der Waals surface area contributed by atoms with E-state index in [-0.39, 0.29) is 37.5 Å². The second kappa shape index (κ2) is 55.2. The summed E-state index contributed by atoms with van der Waals surface area (Å²) in [5.74, 6) is -0.966. The summed E-state index contributed by atoms with van der Waals surface area (Å²) in [7, 11) is 0. The Balaban J connectivity index is 4.37. The van der Waals surface area contributed by atoms with Gasteiger partial charge < -0.3 is 14.2 Å². The van der Waals surface area contributed by atoms with Crippen molar-refractivity contribution in [2.45, 2.75) is 271 Å². The topological polar surface area (TPSA) is 78.9 Å². The van der Waals surface area contributed by atoms with Crippen LogP contribution in [0.1, 0.15) is 265 Å². The molecule has 0 aliphatic heterocycles. The number of hydrogen-bond donors (Lipinski definition) is 0. The maximum atomic E-state index is 12.8. The number of carbonyl (C=O) groups is 3. The van der Waals surface area contributed by atoms with Crippen molar-refractivity contribution in [3.63, 3.8) is 0 Å². The Morgan fingerprint density at radius 3 is 1.03 bits per heavy atom. The number of ether oxygens (including phenoxy) is 3. The van der Waals surface area contributed by atoms with Crippen LogP contribution in [0.4, 0.5) is 0 Å². The average molecular weight is 933 g/mol. The van der Waals surface area contributed by atoms with Gasteiger partial charge in [0.25, 0.3) is 0 Å². The molecule has 0 aliphatic rings. The van der Waals surface area contributed by atoms with E-state index in [1.807, 2.05) is 0 Å². The molecule has 0 fully saturated rings. The third kappa shape index (κ3) is 53.4. The quantitative estimate of drug-likeness (QED) is 0.0262. The minimum Gasteiger partial charge on any atom is -0.462 e. The van der Waals surface area contributed by atoms with Gasteiger partial charge >= 0.3 is 17.9 Å². The molecular formula is C61H104O6. The zero-order chi connectivity index (χ0) is 48.6. The minimum absolute atomic E-state index is 0.0976. The first-order valence-corrected chi connectivity index (χ1v) is 28.1. The van der Waals surface area contributed by atoms with Crippen molar-refractivity contribution in [3.8, 4) is 0 Å². The molecule has 67 heavy (non-hydrogen) atoms. The van der Waals surface area contributed by atoms with Gasteiger partial charge in [0, 0.05) is 19.3 Å². The highest BCUT2D eigenvalue weighted by molar-refractivity contribution is 5.71. The zero-order valence-electron chi connectivity index (χ0n) is 43.9. The van der Waals surface area contributed by atoms with Gasteiger partial charge in [0.2, 0.25) is 0 Å². The van der Waals surface area contributed by atoms with Gasteiger partial charge in [-0.2, -0.15) is 0 Å². The molecule has 0 aromatic carbocycles. The Labute approximate surface area is 414 Å². The number of hydrogen-bond acceptors (Lipinski definition) is 6. The number of esters is 3. The smallest absolute Gasteiger partial charge is 0.306 e. The van der Waals surface area contributed by atoms with Crippen molar-refractivity contribution in [2.75, 3.05) is 13.2 Å². The Morgan fingerprint density at radius 2 is 0.612 bits per heavy atom. The molecule has 1 atom stereocenters. The number of allylic oxidation sites excluding steroid dienone is 14. The molecule has 0 spiro atoms. The lowest BCUT2D eigenvalue weighted by atomic mass is 10.0. The molecule has 0 saturated carbocycles. The summed E-state index contributed by atoms with van der Waals surface area (Å²) >= 11 is 0. The third-order valence-corrected chi connectivity index (χ3v) is 11.9. The largest absolute Gasteiger partial charge is 0.462 e. The highest BCUT2D eigenvalue weighted by atomic mass is 16.6. The maximum absolute atomic E-state index is 12.8. The molecule has 0 N–H and O–H groups in total. The summed E-state index contributed by atoms with van der Waals surface area (Å²) in [5.41, 5.74) is 0. The highest BCUT2D eigenvalue weighted by Crippen LogP contribution is 2.15. The van der Waals surface area contributed by atoms with Crippen LogP contribution in [-0.2, 0) is 28.6 Å².